The number of hydrogen-bond acceptors (Lipinski definition) is 5. The largest absolute Gasteiger partial charge is 0.471 e. The minimum absolute atomic E-state index is 0.409. The third-order valence-electron chi connectivity index (χ3n) is 4.46. The molecule has 0 unspecified atom stereocenters. The zero-order valence-electron chi connectivity index (χ0n) is 14.1. The molecule has 0 aromatic carbocycles. The van der Waals surface area contributed by atoms with E-state index in [1.54, 1.807) is 18.6 Å². The zero-order valence-corrected chi connectivity index (χ0v) is 14.1. The first-order valence-electron chi connectivity index (χ1n) is 8.72. The van der Waals surface area contributed by atoms with E-state index in [4.69, 9.17) is 9.72 Å². The van der Waals surface area contributed by atoms with Crippen molar-refractivity contribution in [2.24, 2.45) is 0 Å². The van der Waals surface area contributed by atoms with E-state index in [2.05, 4.69) is 15.0 Å². The van der Waals surface area contributed by atoms with Crippen molar-refractivity contribution in [1.82, 2.24) is 19.9 Å². The van der Waals surface area contributed by atoms with E-state index in [-0.39, 0.29) is 0 Å². The van der Waals surface area contributed by atoms with Gasteiger partial charge in [-0.1, -0.05) is 12.5 Å². The van der Waals surface area contributed by atoms with Gasteiger partial charge in [-0.2, -0.15) is 0 Å². The summed E-state index contributed by atoms with van der Waals surface area (Å²) < 4.78 is 5.94. The van der Waals surface area contributed by atoms with Crippen LogP contribution in [0.15, 0.2) is 49.1 Å². The Kier molecular flexibility index (Phi) is 4.63. The van der Waals surface area contributed by atoms with Gasteiger partial charge in [0.2, 0.25) is 5.88 Å². The number of fused-ring (bicyclic) bond motifs is 1. The normalized spacial score (nSPS) is 13.8. The molecule has 0 radical (unpaired) electrons. The van der Waals surface area contributed by atoms with Crippen molar-refractivity contribution in [3.8, 4) is 17.1 Å². The van der Waals surface area contributed by atoms with Crippen LogP contribution >= 0.6 is 0 Å². The van der Waals surface area contributed by atoms with Crippen LogP contribution in [0.4, 0.5) is 0 Å². The van der Waals surface area contributed by atoms with Crippen molar-refractivity contribution >= 4 is 0 Å². The van der Waals surface area contributed by atoms with Crippen molar-refractivity contribution in [3.63, 3.8) is 0 Å². The summed E-state index contributed by atoms with van der Waals surface area (Å²) in [5, 5.41) is 0. The summed E-state index contributed by atoms with van der Waals surface area (Å²) in [6, 6.07) is 7.81. The van der Waals surface area contributed by atoms with Gasteiger partial charge in [0.1, 0.15) is 6.61 Å². The Morgan fingerprint density at radius 2 is 1.92 bits per heavy atom. The number of aryl methyl sites for hydroxylation is 1. The van der Waals surface area contributed by atoms with Gasteiger partial charge in [0.25, 0.3) is 0 Å². The van der Waals surface area contributed by atoms with Crippen LogP contribution in [0.2, 0.25) is 0 Å². The molecule has 1 aliphatic rings. The molecule has 0 amide bonds. The molecule has 0 aliphatic heterocycles. The van der Waals surface area contributed by atoms with Gasteiger partial charge >= 0.3 is 0 Å². The highest BCUT2D eigenvalue weighted by molar-refractivity contribution is 5.65. The summed E-state index contributed by atoms with van der Waals surface area (Å²) in [7, 11) is 0. The number of hydrogen-bond donors (Lipinski definition) is 0. The maximum absolute atomic E-state index is 5.94. The van der Waals surface area contributed by atoms with Gasteiger partial charge < -0.3 is 4.74 Å². The predicted molar refractivity (Wildman–Crippen MR) is 95.1 cm³/mol. The Hall–Kier alpha value is -2.82. The SMILES string of the molecule is c1ccc(COc2cc(-c3cnccn3)c3c(n2)CCCCC3)nc1. The van der Waals surface area contributed by atoms with E-state index in [9.17, 15) is 0 Å². The van der Waals surface area contributed by atoms with E-state index < -0.39 is 0 Å². The number of rotatable bonds is 4. The van der Waals surface area contributed by atoms with Crippen molar-refractivity contribution in [2.75, 3.05) is 0 Å². The standard InChI is InChI=1S/C20H20N4O/c1-2-7-16-17(19-13-21-10-11-23-19)12-20(24-18(16)8-3-1)25-14-15-6-4-5-9-22-15/h4-6,9-13H,1-3,7-8,14H2. The van der Waals surface area contributed by atoms with Gasteiger partial charge in [0, 0.05) is 35.9 Å². The number of aromatic nitrogens is 4. The second-order valence-corrected chi connectivity index (χ2v) is 6.19. The first kappa shape index (κ1) is 15.7. The summed E-state index contributed by atoms with van der Waals surface area (Å²) >= 11 is 0. The van der Waals surface area contributed by atoms with Crippen molar-refractivity contribution in [3.05, 3.63) is 66.0 Å². The lowest BCUT2D eigenvalue weighted by atomic mass is 10.00. The van der Waals surface area contributed by atoms with Crippen LogP contribution in [-0.4, -0.2) is 19.9 Å². The third kappa shape index (κ3) is 3.65. The number of pyridine rings is 2. The molecule has 3 aromatic rings. The topological polar surface area (TPSA) is 60.8 Å². The highest BCUT2D eigenvalue weighted by Crippen LogP contribution is 2.31. The molecule has 0 saturated carbocycles. The molecular formula is C20H20N4O. The summed E-state index contributed by atoms with van der Waals surface area (Å²) in [6.07, 6.45) is 12.6. The first-order chi connectivity index (χ1) is 12.4. The molecule has 0 atom stereocenters. The Morgan fingerprint density at radius 1 is 0.960 bits per heavy atom. The molecular weight excluding hydrogens is 312 g/mol. The second-order valence-electron chi connectivity index (χ2n) is 6.19. The molecule has 0 spiro atoms. The van der Waals surface area contributed by atoms with Crippen LogP contribution in [0.3, 0.4) is 0 Å². The minimum atomic E-state index is 0.409. The fourth-order valence-electron chi connectivity index (χ4n) is 3.23. The van der Waals surface area contributed by atoms with Crippen LogP contribution in [0, 0.1) is 0 Å². The summed E-state index contributed by atoms with van der Waals surface area (Å²) in [5.41, 5.74) is 5.29. The third-order valence-corrected chi connectivity index (χ3v) is 4.46. The van der Waals surface area contributed by atoms with E-state index in [1.165, 1.54) is 24.8 Å². The Balaban J connectivity index is 1.69. The maximum Gasteiger partial charge on any atom is 0.214 e. The molecule has 3 heterocycles. The zero-order chi connectivity index (χ0) is 16.9. The maximum atomic E-state index is 5.94. The lowest BCUT2D eigenvalue weighted by Crippen LogP contribution is -2.05. The molecule has 0 bridgehead atoms. The fourth-order valence-corrected chi connectivity index (χ4v) is 3.23. The fraction of sp³-hybridized carbons (Fsp3) is 0.300. The Labute approximate surface area is 147 Å². The van der Waals surface area contributed by atoms with Gasteiger partial charge in [-0.15, -0.1) is 0 Å². The monoisotopic (exact) mass is 332 g/mol. The van der Waals surface area contributed by atoms with Crippen molar-refractivity contribution in [2.45, 2.75) is 38.7 Å². The van der Waals surface area contributed by atoms with E-state index in [0.29, 0.717) is 12.5 Å². The molecule has 0 fully saturated rings. The molecule has 0 saturated heterocycles. The molecule has 3 aromatic heterocycles. The van der Waals surface area contributed by atoms with Crippen LogP contribution in [0.1, 0.15) is 36.2 Å². The predicted octanol–water partition coefficient (Wildman–Crippen LogP) is 3.78. The van der Waals surface area contributed by atoms with Crippen LogP contribution in [-0.2, 0) is 19.4 Å². The average molecular weight is 332 g/mol. The second kappa shape index (κ2) is 7.38. The van der Waals surface area contributed by atoms with Crippen molar-refractivity contribution in [1.29, 1.82) is 0 Å². The van der Waals surface area contributed by atoms with E-state index in [1.807, 2.05) is 30.5 Å². The van der Waals surface area contributed by atoms with Gasteiger partial charge in [-0.3, -0.25) is 15.0 Å². The minimum Gasteiger partial charge on any atom is -0.471 e. The lowest BCUT2D eigenvalue weighted by Gasteiger charge is -2.14. The van der Waals surface area contributed by atoms with Crippen LogP contribution < -0.4 is 4.74 Å². The quantitative estimate of drug-likeness (QED) is 0.680. The summed E-state index contributed by atoms with van der Waals surface area (Å²) in [6.45, 7) is 0.409. The Bertz CT molecular complexity index is 837. The van der Waals surface area contributed by atoms with Crippen molar-refractivity contribution < 1.29 is 4.74 Å². The molecule has 0 N–H and O–H groups in total. The molecule has 4 rings (SSSR count). The number of nitrogens with zero attached hydrogens (tertiary/aromatic N) is 4. The molecule has 25 heavy (non-hydrogen) atoms. The summed E-state index contributed by atoms with van der Waals surface area (Å²) in [4.78, 5) is 17.8. The van der Waals surface area contributed by atoms with E-state index >= 15 is 0 Å². The molecule has 1 aliphatic carbocycles. The van der Waals surface area contributed by atoms with Crippen LogP contribution in [0.5, 0.6) is 5.88 Å². The highest BCUT2D eigenvalue weighted by Gasteiger charge is 2.18. The molecule has 5 nitrogen and oxygen atoms in total. The van der Waals surface area contributed by atoms with Crippen LogP contribution in [0.25, 0.3) is 11.3 Å². The van der Waals surface area contributed by atoms with Gasteiger partial charge in [-0.25, -0.2) is 4.98 Å². The highest BCUT2D eigenvalue weighted by atomic mass is 16.5. The van der Waals surface area contributed by atoms with E-state index in [0.717, 1.165) is 35.5 Å². The van der Waals surface area contributed by atoms with Gasteiger partial charge in [0.15, 0.2) is 0 Å². The average Bonchev–Trinajstić information content (AvgIpc) is 2.93. The first-order valence-corrected chi connectivity index (χ1v) is 8.72. The van der Waals surface area contributed by atoms with Gasteiger partial charge in [-0.05, 0) is 43.4 Å². The summed E-state index contributed by atoms with van der Waals surface area (Å²) in [5.74, 6) is 0.631. The molecule has 5 heteroatoms. The molecule has 126 valence electrons. The lowest BCUT2D eigenvalue weighted by molar-refractivity contribution is 0.288. The Morgan fingerprint density at radius 3 is 2.76 bits per heavy atom. The number of ether oxygens (including phenoxy) is 1. The van der Waals surface area contributed by atoms with Gasteiger partial charge in [0.05, 0.1) is 17.6 Å². The smallest absolute Gasteiger partial charge is 0.214 e.